The molecule has 2 aromatic heterocycles. The number of carboxylic acids is 1. The molecular weight excluding hydrogens is 680 g/mol. The zero-order valence-electron chi connectivity index (χ0n) is 29.7. The Labute approximate surface area is 306 Å². The topological polar surface area (TPSA) is 122 Å². The number of carbonyl (C=O) groups excluding carboxylic acids is 2. The van der Waals surface area contributed by atoms with E-state index in [1.165, 1.54) is 22.3 Å². The molecule has 11 heteroatoms. The van der Waals surface area contributed by atoms with Crippen LogP contribution in [0.1, 0.15) is 54.7 Å². The van der Waals surface area contributed by atoms with E-state index in [1.807, 2.05) is 74.5 Å². The number of benzene rings is 3. The Morgan fingerprint density at radius 2 is 1.54 bits per heavy atom. The molecule has 1 unspecified atom stereocenters. The number of halogens is 1. The monoisotopic (exact) mass is 720 g/mol. The zero-order valence-corrected chi connectivity index (χ0v) is 30.5. The largest absolute Gasteiger partial charge is 0.491 e. The van der Waals surface area contributed by atoms with E-state index in [9.17, 15) is 19.5 Å². The normalized spacial score (nSPS) is 13.8. The van der Waals surface area contributed by atoms with Crippen molar-refractivity contribution in [3.05, 3.63) is 112 Å². The summed E-state index contributed by atoms with van der Waals surface area (Å²) in [5, 5.41) is 12.2. The Balaban J connectivity index is 1.14. The number of rotatable bonds is 11. The van der Waals surface area contributed by atoms with Gasteiger partial charge in [-0.15, -0.1) is 11.3 Å². The van der Waals surface area contributed by atoms with E-state index in [1.54, 1.807) is 24.5 Å². The predicted molar refractivity (Wildman–Crippen MR) is 200 cm³/mol. The van der Waals surface area contributed by atoms with Crippen molar-refractivity contribution in [2.75, 3.05) is 13.1 Å². The zero-order chi connectivity index (χ0) is 37.2. The fourth-order valence-corrected chi connectivity index (χ4v) is 6.86. The van der Waals surface area contributed by atoms with Crippen molar-refractivity contribution in [1.29, 1.82) is 0 Å². The van der Waals surface area contributed by atoms with E-state index in [-0.39, 0.29) is 48.7 Å². The molecule has 9 nitrogen and oxygen atoms in total. The Hall–Kier alpha value is -5.42. The van der Waals surface area contributed by atoms with Crippen LogP contribution in [0.2, 0.25) is 0 Å². The summed E-state index contributed by atoms with van der Waals surface area (Å²) in [6.45, 7) is 10.4. The van der Waals surface area contributed by atoms with E-state index < -0.39 is 17.9 Å². The second-order valence-corrected chi connectivity index (χ2v) is 15.4. The summed E-state index contributed by atoms with van der Waals surface area (Å²) in [7, 11) is 0. The quantitative estimate of drug-likeness (QED) is 0.144. The van der Waals surface area contributed by atoms with Crippen molar-refractivity contribution in [2.45, 2.75) is 58.6 Å². The molecule has 0 aliphatic carbocycles. The van der Waals surface area contributed by atoms with Crippen LogP contribution in [0, 0.1) is 11.7 Å². The first-order valence-corrected chi connectivity index (χ1v) is 18.0. The maximum atomic E-state index is 15.3. The third kappa shape index (κ3) is 8.37. The minimum atomic E-state index is -0.943. The fraction of sp³-hybridized carbons (Fsp3) is 0.293. The van der Waals surface area contributed by atoms with Gasteiger partial charge in [0.15, 0.2) is 5.82 Å². The number of aromatic nitrogens is 2. The first-order valence-electron chi connectivity index (χ1n) is 17.2. The highest BCUT2D eigenvalue weighted by atomic mass is 32.1. The number of nitrogens with one attached hydrogen (secondary N) is 1. The fourth-order valence-electron chi connectivity index (χ4n) is 5.90. The van der Waals surface area contributed by atoms with Crippen LogP contribution in [0.3, 0.4) is 0 Å². The van der Waals surface area contributed by atoms with Crippen LogP contribution in [-0.2, 0) is 21.4 Å². The number of carboxylic acid groups (broad SMARTS) is 1. The number of hydrogen-bond donors (Lipinski definition) is 2. The van der Waals surface area contributed by atoms with Crippen molar-refractivity contribution < 1.29 is 28.6 Å². The molecule has 2 amide bonds. The standard InChI is InChI=1S/C41H41FN4O5S/c1-24(2)51-31-13-10-26(11-14-31)28-12-15-32(33(42)19-28)29-20-43-37(44-21-29)27-8-6-25(7-9-27)18-34(39(48)46-22-30(23-46)40(49)50)45-38(47)35-16-17-36(52-35)41(3,4)5/h6-17,19-21,24,30,34H,18,22-23H2,1-5H3,(H,45,47)(H,49,50). The van der Waals surface area contributed by atoms with E-state index in [0.29, 0.717) is 21.8 Å². The molecule has 3 heterocycles. The van der Waals surface area contributed by atoms with E-state index in [2.05, 4.69) is 36.1 Å². The second-order valence-electron chi connectivity index (χ2n) is 14.3. The molecular formula is C41H41FN4O5S. The van der Waals surface area contributed by atoms with Crippen LogP contribution in [0.15, 0.2) is 91.3 Å². The number of aliphatic carboxylic acids is 1. The summed E-state index contributed by atoms with van der Waals surface area (Å²) < 4.78 is 21.0. The third-order valence-corrected chi connectivity index (χ3v) is 10.4. The lowest BCUT2D eigenvalue weighted by Crippen LogP contribution is -2.59. The van der Waals surface area contributed by atoms with Crippen LogP contribution < -0.4 is 10.1 Å². The van der Waals surface area contributed by atoms with Crippen LogP contribution in [-0.4, -0.2) is 63.0 Å². The average molecular weight is 721 g/mol. The Morgan fingerprint density at radius 1 is 0.904 bits per heavy atom. The van der Waals surface area contributed by atoms with Gasteiger partial charge in [-0.2, -0.15) is 0 Å². The van der Waals surface area contributed by atoms with Gasteiger partial charge >= 0.3 is 5.97 Å². The molecule has 0 spiro atoms. The number of amides is 2. The first-order chi connectivity index (χ1) is 24.7. The number of hydrogen-bond acceptors (Lipinski definition) is 7. The van der Waals surface area contributed by atoms with E-state index in [4.69, 9.17) is 4.74 Å². The Morgan fingerprint density at radius 3 is 2.12 bits per heavy atom. The molecule has 1 aliphatic rings. The average Bonchev–Trinajstić information content (AvgIpc) is 3.60. The lowest BCUT2D eigenvalue weighted by Gasteiger charge is -2.38. The Kier molecular flexibility index (Phi) is 10.5. The molecule has 0 bridgehead atoms. The highest BCUT2D eigenvalue weighted by molar-refractivity contribution is 7.14. The predicted octanol–water partition coefficient (Wildman–Crippen LogP) is 7.65. The van der Waals surface area contributed by atoms with Crippen molar-refractivity contribution in [3.8, 4) is 39.4 Å². The molecule has 1 fully saturated rings. The lowest BCUT2D eigenvalue weighted by atomic mass is 9.95. The summed E-state index contributed by atoms with van der Waals surface area (Å²) in [4.78, 5) is 50.2. The van der Waals surface area contributed by atoms with Crippen molar-refractivity contribution in [1.82, 2.24) is 20.2 Å². The molecule has 5 aromatic rings. The summed E-state index contributed by atoms with van der Waals surface area (Å²) >= 11 is 1.39. The maximum absolute atomic E-state index is 15.3. The van der Waals surface area contributed by atoms with Gasteiger partial charge in [-0.05, 0) is 66.3 Å². The van der Waals surface area contributed by atoms with Gasteiger partial charge in [-0.3, -0.25) is 14.4 Å². The number of nitrogens with zero attached hydrogens (tertiary/aromatic N) is 3. The molecule has 0 radical (unpaired) electrons. The maximum Gasteiger partial charge on any atom is 0.310 e. The highest BCUT2D eigenvalue weighted by Crippen LogP contribution is 2.31. The number of likely N-dealkylation sites (tertiary alicyclic amines) is 1. The van der Waals surface area contributed by atoms with Gasteiger partial charge in [0.25, 0.3) is 5.91 Å². The van der Waals surface area contributed by atoms with Crippen molar-refractivity contribution in [2.24, 2.45) is 5.92 Å². The van der Waals surface area contributed by atoms with Gasteiger partial charge in [0.05, 0.1) is 16.9 Å². The number of ether oxygens (including phenoxy) is 1. The SMILES string of the molecule is CC(C)Oc1ccc(-c2ccc(-c3cnc(-c4ccc(CC(NC(=O)c5ccc(C(C)(C)C)s5)C(=O)N5CC(C(=O)O)C5)cc4)nc3)c(F)c2)cc1. The Bertz CT molecular complexity index is 2070. The van der Waals surface area contributed by atoms with Crippen LogP contribution >= 0.6 is 11.3 Å². The summed E-state index contributed by atoms with van der Waals surface area (Å²) in [5.41, 5.74) is 3.94. The molecule has 1 aliphatic heterocycles. The second kappa shape index (κ2) is 15.1. The smallest absolute Gasteiger partial charge is 0.310 e. The van der Waals surface area contributed by atoms with Crippen LogP contribution in [0.25, 0.3) is 33.6 Å². The molecule has 52 heavy (non-hydrogen) atoms. The van der Waals surface area contributed by atoms with E-state index >= 15 is 4.39 Å². The molecule has 1 saturated heterocycles. The molecule has 6 rings (SSSR count). The van der Waals surface area contributed by atoms with Gasteiger partial charge in [-0.1, -0.05) is 69.3 Å². The lowest BCUT2D eigenvalue weighted by molar-refractivity contribution is -0.153. The number of thiophene rings is 1. The molecule has 3 aromatic carbocycles. The van der Waals surface area contributed by atoms with Crippen LogP contribution in [0.5, 0.6) is 5.75 Å². The molecule has 2 N–H and O–H groups in total. The van der Waals surface area contributed by atoms with Gasteiger partial charge in [0.1, 0.15) is 17.6 Å². The summed E-state index contributed by atoms with van der Waals surface area (Å²) in [6.07, 6.45) is 3.45. The molecule has 268 valence electrons. The van der Waals surface area contributed by atoms with Gasteiger partial charge in [0, 0.05) is 53.5 Å². The molecule has 0 saturated carbocycles. The minimum Gasteiger partial charge on any atom is -0.491 e. The van der Waals surface area contributed by atoms with Crippen LogP contribution in [0.4, 0.5) is 4.39 Å². The first kappa shape index (κ1) is 36.4. The minimum absolute atomic E-state index is 0.0679. The summed E-state index contributed by atoms with van der Waals surface area (Å²) in [5.74, 6) is -1.41. The van der Waals surface area contributed by atoms with Crippen molar-refractivity contribution in [3.63, 3.8) is 0 Å². The molecule has 1 atom stereocenters. The van der Waals surface area contributed by atoms with Gasteiger partial charge in [0.2, 0.25) is 5.91 Å². The van der Waals surface area contributed by atoms with Gasteiger partial charge < -0.3 is 20.1 Å². The highest BCUT2D eigenvalue weighted by Gasteiger charge is 2.39. The van der Waals surface area contributed by atoms with Gasteiger partial charge in [-0.25, -0.2) is 14.4 Å². The number of carbonyl (C=O) groups is 3. The van der Waals surface area contributed by atoms with Crippen molar-refractivity contribution >= 4 is 29.1 Å². The third-order valence-electron chi connectivity index (χ3n) is 8.86. The van der Waals surface area contributed by atoms with E-state index in [0.717, 1.165) is 32.9 Å². The summed E-state index contributed by atoms with van der Waals surface area (Å²) in [6, 6.07) is 22.8.